The molecule has 0 saturated carbocycles. The second kappa shape index (κ2) is 4.32. The van der Waals surface area contributed by atoms with Gasteiger partial charge in [0.15, 0.2) is 0 Å². The van der Waals surface area contributed by atoms with Crippen LogP contribution in [0.3, 0.4) is 0 Å². The Labute approximate surface area is 93.0 Å². The molecule has 0 heterocycles. The van der Waals surface area contributed by atoms with Gasteiger partial charge in [0.1, 0.15) is 5.75 Å². The van der Waals surface area contributed by atoms with E-state index in [2.05, 4.69) is 15.9 Å². The highest BCUT2D eigenvalue weighted by molar-refractivity contribution is 9.10. The summed E-state index contributed by atoms with van der Waals surface area (Å²) >= 11 is 3.49. The molecule has 1 N–H and O–H groups in total. The first-order valence-corrected chi connectivity index (χ1v) is 5.30. The van der Waals surface area contributed by atoms with Gasteiger partial charge >= 0.3 is 0 Å². The van der Waals surface area contributed by atoms with Gasteiger partial charge in [0.2, 0.25) is 0 Å². The quantitative estimate of drug-likeness (QED) is 0.884. The Hall–Kier alpha value is -0.540. The standard InChI is InChI=1S/C11H15BrO2/c1-6-5-9(8(3)13)11(14-4)7(2)10(6)12/h5,8,13H,1-4H3. The van der Waals surface area contributed by atoms with Gasteiger partial charge in [-0.1, -0.05) is 15.9 Å². The molecule has 78 valence electrons. The van der Waals surface area contributed by atoms with E-state index in [4.69, 9.17) is 4.74 Å². The number of hydrogen-bond acceptors (Lipinski definition) is 2. The first-order chi connectivity index (χ1) is 6.49. The number of aliphatic hydroxyl groups excluding tert-OH is 1. The fourth-order valence-electron chi connectivity index (χ4n) is 1.56. The van der Waals surface area contributed by atoms with Crippen LogP contribution in [0.1, 0.15) is 29.7 Å². The van der Waals surface area contributed by atoms with Crippen molar-refractivity contribution in [3.8, 4) is 5.75 Å². The number of benzene rings is 1. The van der Waals surface area contributed by atoms with Crippen molar-refractivity contribution < 1.29 is 9.84 Å². The van der Waals surface area contributed by atoms with Crippen molar-refractivity contribution >= 4 is 15.9 Å². The zero-order valence-corrected chi connectivity index (χ0v) is 10.5. The van der Waals surface area contributed by atoms with Crippen LogP contribution in [-0.2, 0) is 0 Å². The number of aryl methyl sites for hydroxylation is 1. The Balaban J connectivity index is 3.43. The monoisotopic (exact) mass is 258 g/mol. The minimum absolute atomic E-state index is 0.504. The van der Waals surface area contributed by atoms with Gasteiger partial charge in [-0.3, -0.25) is 0 Å². The van der Waals surface area contributed by atoms with E-state index < -0.39 is 6.10 Å². The minimum Gasteiger partial charge on any atom is -0.496 e. The van der Waals surface area contributed by atoms with Crippen LogP contribution < -0.4 is 4.74 Å². The van der Waals surface area contributed by atoms with E-state index in [-0.39, 0.29) is 0 Å². The van der Waals surface area contributed by atoms with Crippen LogP contribution in [-0.4, -0.2) is 12.2 Å². The summed E-state index contributed by atoms with van der Waals surface area (Å²) in [4.78, 5) is 0. The van der Waals surface area contributed by atoms with Gasteiger partial charge in [-0.2, -0.15) is 0 Å². The number of halogens is 1. The van der Waals surface area contributed by atoms with Crippen LogP contribution >= 0.6 is 15.9 Å². The van der Waals surface area contributed by atoms with Gasteiger partial charge in [-0.25, -0.2) is 0 Å². The molecular formula is C11H15BrO2. The van der Waals surface area contributed by atoms with Crippen LogP contribution in [0.4, 0.5) is 0 Å². The summed E-state index contributed by atoms with van der Waals surface area (Å²) in [5, 5.41) is 9.58. The Morgan fingerprint density at radius 1 is 1.43 bits per heavy atom. The largest absolute Gasteiger partial charge is 0.496 e. The maximum atomic E-state index is 9.58. The van der Waals surface area contributed by atoms with Crippen LogP contribution in [0.5, 0.6) is 5.75 Å². The molecule has 0 radical (unpaired) electrons. The molecule has 0 aliphatic heterocycles. The summed E-state index contributed by atoms with van der Waals surface area (Å²) in [5.41, 5.74) is 2.98. The van der Waals surface area contributed by atoms with E-state index in [1.807, 2.05) is 19.9 Å². The average Bonchev–Trinajstić information content (AvgIpc) is 2.13. The molecule has 0 aromatic heterocycles. The molecule has 14 heavy (non-hydrogen) atoms. The maximum Gasteiger partial charge on any atom is 0.128 e. The third-order valence-corrected chi connectivity index (χ3v) is 3.52. The van der Waals surface area contributed by atoms with E-state index >= 15 is 0 Å². The fourth-order valence-corrected chi connectivity index (χ4v) is 1.85. The SMILES string of the molecule is COc1c(C(C)O)cc(C)c(Br)c1C. The highest BCUT2D eigenvalue weighted by atomic mass is 79.9. The zero-order valence-electron chi connectivity index (χ0n) is 8.89. The molecule has 0 aliphatic carbocycles. The van der Waals surface area contributed by atoms with Crippen molar-refractivity contribution in [1.29, 1.82) is 0 Å². The molecule has 1 atom stereocenters. The third kappa shape index (κ3) is 1.93. The van der Waals surface area contributed by atoms with Gasteiger partial charge < -0.3 is 9.84 Å². The molecule has 1 aromatic rings. The number of rotatable bonds is 2. The van der Waals surface area contributed by atoms with Crippen molar-refractivity contribution in [1.82, 2.24) is 0 Å². The molecule has 3 heteroatoms. The summed E-state index contributed by atoms with van der Waals surface area (Å²) < 4.78 is 6.32. The van der Waals surface area contributed by atoms with E-state index in [0.29, 0.717) is 0 Å². The molecule has 0 fully saturated rings. The summed E-state index contributed by atoms with van der Waals surface area (Å²) in [5.74, 6) is 0.762. The highest BCUT2D eigenvalue weighted by Gasteiger charge is 2.15. The predicted molar refractivity (Wildman–Crippen MR) is 60.8 cm³/mol. The highest BCUT2D eigenvalue weighted by Crippen LogP contribution is 2.35. The van der Waals surface area contributed by atoms with Gasteiger partial charge in [0, 0.05) is 15.6 Å². The summed E-state index contributed by atoms with van der Waals surface area (Å²) in [6.45, 7) is 5.72. The Morgan fingerprint density at radius 3 is 2.43 bits per heavy atom. The maximum absolute atomic E-state index is 9.58. The average molecular weight is 259 g/mol. The fraction of sp³-hybridized carbons (Fsp3) is 0.455. The first kappa shape index (κ1) is 11.5. The second-order valence-electron chi connectivity index (χ2n) is 3.43. The first-order valence-electron chi connectivity index (χ1n) is 4.50. The van der Waals surface area contributed by atoms with Gasteiger partial charge in [-0.05, 0) is 32.4 Å². The van der Waals surface area contributed by atoms with Crippen molar-refractivity contribution in [2.24, 2.45) is 0 Å². The van der Waals surface area contributed by atoms with Crippen LogP contribution in [0.15, 0.2) is 10.5 Å². The van der Waals surface area contributed by atoms with E-state index in [1.54, 1.807) is 14.0 Å². The smallest absolute Gasteiger partial charge is 0.128 e. The van der Waals surface area contributed by atoms with E-state index in [1.165, 1.54) is 0 Å². The normalized spacial score (nSPS) is 12.7. The van der Waals surface area contributed by atoms with Crippen LogP contribution in [0.25, 0.3) is 0 Å². The Bertz CT molecular complexity index is 346. The topological polar surface area (TPSA) is 29.5 Å². The third-order valence-electron chi connectivity index (χ3n) is 2.30. The minimum atomic E-state index is -0.504. The van der Waals surface area contributed by atoms with Crippen LogP contribution in [0.2, 0.25) is 0 Å². The van der Waals surface area contributed by atoms with Crippen molar-refractivity contribution in [3.63, 3.8) is 0 Å². The number of methoxy groups -OCH3 is 1. The zero-order chi connectivity index (χ0) is 10.9. The molecule has 1 aromatic carbocycles. The molecule has 0 amide bonds. The predicted octanol–water partition coefficient (Wildman–Crippen LogP) is 3.13. The molecular weight excluding hydrogens is 244 g/mol. The Morgan fingerprint density at radius 2 is 2.00 bits per heavy atom. The second-order valence-corrected chi connectivity index (χ2v) is 4.22. The molecule has 0 bridgehead atoms. The number of ether oxygens (including phenoxy) is 1. The lowest BCUT2D eigenvalue weighted by Crippen LogP contribution is -2.00. The van der Waals surface area contributed by atoms with Gasteiger partial charge in [-0.15, -0.1) is 0 Å². The number of hydrogen-bond donors (Lipinski definition) is 1. The molecule has 0 spiro atoms. The summed E-state index contributed by atoms with van der Waals surface area (Å²) in [6, 6.07) is 1.95. The van der Waals surface area contributed by atoms with Crippen molar-refractivity contribution in [2.75, 3.05) is 7.11 Å². The van der Waals surface area contributed by atoms with Gasteiger partial charge in [0.25, 0.3) is 0 Å². The lowest BCUT2D eigenvalue weighted by Gasteiger charge is -2.16. The van der Waals surface area contributed by atoms with Crippen molar-refractivity contribution in [2.45, 2.75) is 26.9 Å². The van der Waals surface area contributed by atoms with E-state index in [9.17, 15) is 5.11 Å². The lowest BCUT2D eigenvalue weighted by atomic mass is 10.0. The van der Waals surface area contributed by atoms with Crippen molar-refractivity contribution in [3.05, 3.63) is 27.2 Å². The molecule has 1 rings (SSSR count). The summed E-state index contributed by atoms with van der Waals surface area (Å²) in [6.07, 6.45) is -0.504. The molecule has 0 aliphatic rings. The van der Waals surface area contributed by atoms with Gasteiger partial charge in [0.05, 0.1) is 13.2 Å². The van der Waals surface area contributed by atoms with E-state index in [0.717, 1.165) is 26.9 Å². The lowest BCUT2D eigenvalue weighted by molar-refractivity contribution is 0.194. The van der Waals surface area contributed by atoms with Crippen LogP contribution in [0, 0.1) is 13.8 Å². The summed E-state index contributed by atoms with van der Waals surface area (Å²) in [7, 11) is 1.62. The Kier molecular flexibility index (Phi) is 3.56. The molecule has 0 saturated heterocycles. The molecule has 1 unspecified atom stereocenters. The molecule has 2 nitrogen and oxygen atoms in total. The number of aliphatic hydroxyl groups is 1.